The molecule has 62 valence electrons. The van der Waals surface area contributed by atoms with Crippen LogP contribution in [-0.4, -0.2) is 12.5 Å². The molecule has 0 rings (SSSR count). The van der Waals surface area contributed by atoms with Crippen molar-refractivity contribution in [2.45, 2.75) is 26.7 Å². The third-order valence-corrected chi connectivity index (χ3v) is 1.15. The van der Waals surface area contributed by atoms with Gasteiger partial charge in [0.05, 0.1) is 6.61 Å². The highest BCUT2D eigenvalue weighted by Gasteiger charge is 1.83. The normalized spacial score (nSPS) is 8.18. The maximum Gasteiger partial charge on any atom is 0.166 e. The Kier molecular flexibility index (Phi) is 6.45. The molecule has 0 aliphatic carbocycles. The van der Waals surface area contributed by atoms with Gasteiger partial charge < -0.3 is 4.74 Å². The summed E-state index contributed by atoms with van der Waals surface area (Å²) >= 11 is 0. The van der Waals surface area contributed by atoms with E-state index in [1.54, 1.807) is 5.94 Å². The average Bonchev–Trinajstić information content (AvgIpc) is 1.96. The molecule has 0 heterocycles. The molecule has 0 aromatic carbocycles. The van der Waals surface area contributed by atoms with Crippen LogP contribution in [0.1, 0.15) is 26.7 Å². The van der Waals surface area contributed by atoms with E-state index < -0.39 is 0 Å². The van der Waals surface area contributed by atoms with E-state index in [0.29, 0.717) is 6.61 Å². The molecule has 0 saturated carbocycles. The number of hydrogen-bond donors (Lipinski definition) is 0. The summed E-state index contributed by atoms with van der Waals surface area (Å²) in [6, 6.07) is 0. The van der Waals surface area contributed by atoms with Crippen LogP contribution in [0, 0.1) is 0 Å². The SMILES string of the molecule is CC(C)=CCCCOC=C=O. The van der Waals surface area contributed by atoms with Crippen molar-refractivity contribution in [1.29, 1.82) is 0 Å². The third-order valence-electron chi connectivity index (χ3n) is 1.15. The summed E-state index contributed by atoms with van der Waals surface area (Å²) in [5.74, 6) is 1.55. The molecular weight excluding hydrogens is 140 g/mol. The fraction of sp³-hybridized carbons (Fsp3) is 0.556. The zero-order valence-electron chi connectivity index (χ0n) is 7.09. The summed E-state index contributed by atoms with van der Waals surface area (Å²) in [5, 5.41) is 0. The highest BCUT2D eigenvalue weighted by molar-refractivity contribution is 5.42. The molecular formula is C9H14O2. The summed E-state index contributed by atoms with van der Waals surface area (Å²) in [7, 11) is 0. The van der Waals surface area contributed by atoms with E-state index in [1.165, 1.54) is 5.57 Å². The minimum absolute atomic E-state index is 0.596. The van der Waals surface area contributed by atoms with E-state index >= 15 is 0 Å². The van der Waals surface area contributed by atoms with Gasteiger partial charge in [0.25, 0.3) is 0 Å². The van der Waals surface area contributed by atoms with Crippen molar-refractivity contribution in [2.75, 3.05) is 6.61 Å². The smallest absolute Gasteiger partial charge is 0.166 e. The molecule has 2 nitrogen and oxygen atoms in total. The Balaban J connectivity index is 3.15. The molecule has 0 bridgehead atoms. The maximum atomic E-state index is 9.63. The Morgan fingerprint density at radius 2 is 2.27 bits per heavy atom. The first-order valence-corrected chi connectivity index (χ1v) is 3.71. The van der Waals surface area contributed by atoms with E-state index in [4.69, 9.17) is 4.74 Å². The van der Waals surface area contributed by atoms with Gasteiger partial charge >= 0.3 is 0 Å². The van der Waals surface area contributed by atoms with Gasteiger partial charge in [-0.25, -0.2) is 4.79 Å². The summed E-state index contributed by atoms with van der Waals surface area (Å²) in [4.78, 5) is 9.63. The first-order chi connectivity index (χ1) is 5.27. The van der Waals surface area contributed by atoms with Crippen LogP contribution in [0.2, 0.25) is 0 Å². The fourth-order valence-electron chi connectivity index (χ4n) is 0.650. The zero-order valence-corrected chi connectivity index (χ0v) is 7.09. The monoisotopic (exact) mass is 154 g/mol. The maximum absolute atomic E-state index is 9.63. The van der Waals surface area contributed by atoms with Crippen molar-refractivity contribution < 1.29 is 9.53 Å². The second-order valence-electron chi connectivity index (χ2n) is 2.53. The van der Waals surface area contributed by atoms with E-state index in [-0.39, 0.29) is 0 Å². The number of allylic oxidation sites excluding steroid dienone is 2. The summed E-state index contributed by atoms with van der Waals surface area (Å²) in [6.45, 7) is 4.72. The number of unbranched alkanes of at least 4 members (excludes halogenated alkanes) is 1. The topological polar surface area (TPSA) is 26.3 Å². The molecule has 0 amide bonds. The van der Waals surface area contributed by atoms with Crippen molar-refractivity contribution in [3.63, 3.8) is 0 Å². The zero-order chi connectivity index (χ0) is 8.53. The molecule has 0 N–H and O–H groups in total. The third kappa shape index (κ3) is 8.99. The predicted octanol–water partition coefficient (Wildman–Crippen LogP) is 2.09. The van der Waals surface area contributed by atoms with Crippen LogP contribution in [-0.2, 0) is 9.53 Å². The highest BCUT2D eigenvalue weighted by Crippen LogP contribution is 1.96. The van der Waals surface area contributed by atoms with Crippen molar-refractivity contribution in [2.24, 2.45) is 0 Å². The molecule has 0 atom stereocenters. The van der Waals surface area contributed by atoms with E-state index in [1.807, 2.05) is 0 Å². The van der Waals surface area contributed by atoms with Gasteiger partial charge in [-0.15, -0.1) is 0 Å². The molecule has 0 unspecified atom stereocenters. The molecule has 2 heteroatoms. The molecule has 0 aromatic heterocycles. The van der Waals surface area contributed by atoms with E-state index in [2.05, 4.69) is 19.9 Å². The van der Waals surface area contributed by atoms with Crippen LogP contribution in [0.25, 0.3) is 0 Å². The van der Waals surface area contributed by atoms with Gasteiger partial charge in [-0.1, -0.05) is 11.6 Å². The predicted molar refractivity (Wildman–Crippen MR) is 44.9 cm³/mol. The van der Waals surface area contributed by atoms with Gasteiger partial charge in [0.1, 0.15) is 0 Å². The van der Waals surface area contributed by atoms with E-state index in [9.17, 15) is 4.79 Å². The molecule has 0 aliphatic rings. The van der Waals surface area contributed by atoms with Gasteiger partial charge in [-0.2, -0.15) is 0 Å². The Morgan fingerprint density at radius 3 is 2.82 bits per heavy atom. The summed E-state index contributed by atoms with van der Waals surface area (Å²) < 4.78 is 4.79. The van der Waals surface area contributed by atoms with Crippen molar-refractivity contribution in [3.05, 3.63) is 17.9 Å². The van der Waals surface area contributed by atoms with Crippen LogP contribution < -0.4 is 0 Å². The molecule has 0 aliphatic heterocycles. The number of rotatable bonds is 5. The van der Waals surface area contributed by atoms with Gasteiger partial charge in [0.2, 0.25) is 0 Å². The van der Waals surface area contributed by atoms with Crippen molar-refractivity contribution in [1.82, 2.24) is 0 Å². The number of hydrogen-bond acceptors (Lipinski definition) is 2. The Bertz CT molecular complexity index is 160. The first kappa shape index (κ1) is 9.99. The van der Waals surface area contributed by atoms with E-state index in [0.717, 1.165) is 19.1 Å². The van der Waals surface area contributed by atoms with Gasteiger partial charge in [-0.05, 0) is 26.7 Å². The van der Waals surface area contributed by atoms with Crippen LogP contribution >= 0.6 is 0 Å². The van der Waals surface area contributed by atoms with Gasteiger partial charge in [0, 0.05) is 0 Å². The lowest BCUT2D eigenvalue weighted by Crippen LogP contribution is -1.85. The Hall–Kier alpha value is -1.01. The van der Waals surface area contributed by atoms with Crippen LogP contribution in [0.4, 0.5) is 0 Å². The van der Waals surface area contributed by atoms with Gasteiger partial charge in [-0.3, -0.25) is 0 Å². The lowest BCUT2D eigenvalue weighted by atomic mass is 10.2. The molecule has 0 aromatic rings. The highest BCUT2D eigenvalue weighted by atomic mass is 16.5. The molecule has 0 radical (unpaired) electrons. The van der Waals surface area contributed by atoms with Crippen LogP contribution in [0.3, 0.4) is 0 Å². The summed E-state index contributed by atoms with van der Waals surface area (Å²) in [5.41, 5.74) is 1.32. The first-order valence-electron chi connectivity index (χ1n) is 3.71. The number of carbonyl (C=O) groups excluding carboxylic acids is 1. The second kappa shape index (κ2) is 7.10. The summed E-state index contributed by atoms with van der Waals surface area (Å²) in [6.07, 6.45) is 5.16. The minimum Gasteiger partial charge on any atom is -0.490 e. The van der Waals surface area contributed by atoms with Gasteiger partial charge in [0.15, 0.2) is 12.2 Å². The van der Waals surface area contributed by atoms with Crippen LogP contribution in [0.5, 0.6) is 0 Å². The largest absolute Gasteiger partial charge is 0.490 e. The molecule has 0 saturated heterocycles. The Morgan fingerprint density at radius 1 is 1.55 bits per heavy atom. The standard InChI is InChI=1S/C9H14O2/c1-9(2)5-3-4-7-11-8-6-10/h5,8H,3-4,7H2,1-2H3. The lowest BCUT2D eigenvalue weighted by molar-refractivity contribution is 0.248. The molecule has 0 spiro atoms. The van der Waals surface area contributed by atoms with Crippen molar-refractivity contribution >= 4 is 5.94 Å². The lowest BCUT2D eigenvalue weighted by Gasteiger charge is -1.95. The molecule has 11 heavy (non-hydrogen) atoms. The second-order valence-corrected chi connectivity index (χ2v) is 2.53. The van der Waals surface area contributed by atoms with Crippen LogP contribution in [0.15, 0.2) is 17.9 Å². The minimum atomic E-state index is 0.596. The fourth-order valence-corrected chi connectivity index (χ4v) is 0.650. The quantitative estimate of drug-likeness (QED) is 0.262. The Labute approximate surface area is 67.6 Å². The number of ether oxygens (including phenoxy) is 1. The molecule has 0 fully saturated rings. The van der Waals surface area contributed by atoms with Crippen molar-refractivity contribution in [3.8, 4) is 0 Å². The average molecular weight is 154 g/mol.